The third-order valence-electron chi connectivity index (χ3n) is 4.87. The van der Waals surface area contributed by atoms with Gasteiger partial charge in [-0.15, -0.1) is 0 Å². The van der Waals surface area contributed by atoms with E-state index in [2.05, 4.69) is 26.7 Å². The van der Waals surface area contributed by atoms with Crippen LogP contribution in [-0.2, 0) is 4.74 Å². The first-order valence-electron chi connectivity index (χ1n) is 10.9. The summed E-state index contributed by atoms with van der Waals surface area (Å²) in [4.78, 5) is 8.76. The van der Waals surface area contributed by atoms with E-state index in [9.17, 15) is 0 Å². The van der Waals surface area contributed by atoms with Gasteiger partial charge in [-0.2, -0.15) is 0 Å². The highest BCUT2D eigenvalue weighted by atomic mass is 16.5. The van der Waals surface area contributed by atoms with Crippen LogP contribution in [0.15, 0.2) is 30.6 Å². The number of hydrogen-bond acceptors (Lipinski definition) is 6. The smallest absolute Gasteiger partial charge is 0.137 e. The van der Waals surface area contributed by atoms with Crippen molar-refractivity contribution in [3.63, 3.8) is 0 Å². The number of nitrogens with zero attached hydrogens (tertiary/aromatic N) is 2. The number of anilines is 1. The normalized spacial score (nSPS) is 17.2. The predicted molar refractivity (Wildman–Crippen MR) is 121 cm³/mol. The van der Waals surface area contributed by atoms with Crippen LogP contribution in [0, 0.1) is 0 Å². The second kappa shape index (κ2) is 14.0. The number of aliphatic hydroxyl groups excluding tert-OH is 1. The van der Waals surface area contributed by atoms with Crippen LogP contribution in [-0.4, -0.2) is 54.0 Å². The molecule has 0 radical (unpaired) electrons. The minimum atomic E-state index is 0.0521. The van der Waals surface area contributed by atoms with Gasteiger partial charge in [-0.1, -0.05) is 51.3 Å². The van der Waals surface area contributed by atoms with Gasteiger partial charge >= 0.3 is 0 Å². The summed E-state index contributed by atoms with van der Waals surface area (Å²) < 4.78 is 5.01. The maximum absolute atomic E-state index is 8.89. The quantitative estimate of drug-likeness (QED) is 0.720. The van der Waals surface area contributed by atoms with Gasteiger partial charge in [0, 0.05) is 24.5 Å². The molecule has 3 N–H and O–H groups in total. The molecule has 0 spiro atoms. The number of fused-ring (bicyclic) bond motifs is 1. The largest absolute Gasteiger partial charge is 0.392 e. The summed E-state index contributed by atoms with van der Waals surface area (Å²) in [5.74, 6) is 0.922. The molecule has 6 nitrogen and oxygen atoms in total. The highest BCUT2D eigenvalue weighted by Gasteiger charge is 2.15. The van der Waals surface area contributed by atoms with Crippen LogP contribution in [0.5, 0.6) is 0 Å². The number of hydrogen-bond donors (Lipinski definition) is 3. The van der Waals surface area contributed by atoms with E-state index in [1.54, 1.807) is 12.4 Å². The highest BCUT2D eigenvalue weighted by molar-refractivity contribution is 5.90. The van der Waals surface area contributed by atoms with E-state index in [1.165, 1.54) is 32.1 Å². The Labute approximate surface area is 174 Å². The first-order chi connectivity index (χ1) is 14.4. The molecule has 4 rings (SSSR count). The lowest BCUT2D eigenvalue weighted by Crippen LogP contribution is -2.30. The molecular formula is C23H36N4O2. The van der Waals surface area contributed by atoms with Crippen molar-refractivity contribution < 1.29 is 9.84 Å². The molecule has 0 atom stereocenters. The monoisotopic (exact) mass is 400 g/mol. The summed E-state index contributed by atoms with van der Waals surface area (Å²) in [7, 11) is 0. The van der Waals surface area contributed by atoms with E-state index in [1.807, 2.05) is 32.1 Å². The van der Waals surface area contributed by atoms with Crippen molar-refractivity contribution in [3.05, 3.63) is 36.2 Å². The third kappa shape index (κ3) is 8.09. The Bertz CT molecular complexity index is 714. The van der Waals surface area contributed by atoms with Crippen LogP contribution in [0.1, 0.15) is 51.5 Å². The van der Waals surface area contributed by atoms with Gasteiger partial charge in [-0.05, 0) is 30.5 Å². The molecule has 2 aliphatic rings. The Hall–Kier alpha value is -2.02. The number of morpholine rings is 1. The van der Waals surface area contributed by atoms with Crippen molar-refractivity contribution in [2.75, 3.05) is 38.2 Å². The standard InChI is InChI=1S/C17H21N3O.C4H9NO.C2H6/c21-10-4-5-13-8-9-16-15(11-13)17(19-12-18-16)20-14-6-2-1-3-7-14;1-3-6-4-2-5-1;1-2/h4-5,8-9,11-12,14,21H,1-3,6-7,10H2,(H,18,19,20);5H,1-4H2;1-2H3/b5-4+;;. The Balaban J connectivity index is 0.000000317. The van der Waals surface area contributed by atoms with Gasteiger partial charge in [-0.25, -0.2) is 9.97 Å². The maximum atomic E-state index is 8.89. The molecule has 1 saturated heterocycles. The maximum Gasteiger partial charge on any atom is 0.137 e. The molecule has 2 aromatic rings. The van der Waals surface area contributed by atoms with E-state index in [0.717, 1.165) is 48.6 Å². The lowest BCUT2D eigenvalue weighted by atomic mass is 9.95. The molecule has 0 unspecified atom stereocenters. The summed E-state index contributed by atoms with van der Waals surface area (Å²) >= 11 is 0. The molecule has 160 valence electrons. The zero-order valence-corrected chi connectivity index (χ0v) is 17.9. The molecule has 1 aromatic heterocycles. The molecule has 0 bridgehead atoms. The van der Waals surface area contributed by atoms with E-state index in [0.29, 0.717) is 6.04 Å². The van der Waals surface area contributed by atoms with E-state index in [4.69, 9.17) is 9.84 Å². The van der Waals surface area contributed by atoms with Crippen LogP contribution in [0.3, 0.4) is 0 Å². The number of benzene rings is 1. The summed E-state index contributed by atoms with van der Waals surface area (Å²) in [5.41, 5.74) is 2.00. The van der Waals surface area contributed by atoms with Crippen molar-refractivity contribution in [2.45, 2.75) is 52.0 Å². The zero-order chi connectivity index (χ0) is 20.7. The van der Waals surface area contributed by atoms with Crippen LogP contribution < -0.4 is 10.6 Å². The van der Waals surface area contributed by atoms with Crippen LogP contribution in [0.2, 0.25) is 0 Å². The minimum Gasteiger partial charge on any atom is -0.392 e. The van der Waals surface area contributed by atoms with Gasteiger partial charge in [0.05, 0.1) is 25.3 Å². The molecule has 2 heterocycles. The minimum absolute atomic E-state index is 0.0521. The molecule has 6 heteroatoms. The van der Waals surface area contributed by atoms with Gasteiger partial charge in [0.15, 0.2) is 0 Å². The Morgan fingerprint density at radius 3 is 2.52 bits per heavy atom. The highest BCUT2D eigenvalue weighted by Crippen LogP contribution is 2.25. The topological polar surface area (TPSA) is 79.3 Å². The third-order valence-corrected chi connectivity index (χ3v) is 4.87. The second-order valence-corrected chi connectivity index (χ2v) is 6.93. The summed E-state index contributed by atoms with van der Waals surface area (Å²) in [6, 6.07) is 6.60. The molecule has 1 aliphatic heterocycles. The SMILES string of the molecule is C1COCCN1.CC.OC/C=C/c1ccc2ncnc(NC3CCCCC3)c2c1. The van der Waals surface area contributed by atoms with Crippen molar-refractivity contribution in [1.82, 2.24) is 15.3 Å². The Kier molecular flexibility index (Phi) is 11.3. The molecule has 1 saturated carbocycles. The van der Waals surface area contributed by atoms with E-state index in [-0.39, 0.29) is 6.61 Å². The molecule has 1 aromatic carbocycles. The van der Waals surface area contributed by atoms with Gasteiger partial charge in [-0.3, -0.25) is 0 Å². The summed E-state index contributed by atoms with van der Waals surface area (Å²) in [6.45, 7) is 7.89. The number of nitrogens with one attached hydrogen (secondary N) is 2. The van der Waals surface area contributed by atoms with E-state index >= 15 is 0 Å². The lowest BCUT2D eigenvalue weighted by Gasteiger charge is -2.23. The molecule has 29 heavy (non-hydrogen) atoms. The first kappa shape index (κ1) is 23.3. The number of ether oxygens (including phenoxy) is 1. The van der Waals surface area contributed by atoms with Crippen molar-refractivity contribution in [2.24, 2.45) is 0 Å². The van der Waals surface area contributed by atoms with Crippen molar-refractivity contribution in [3.8, 4) is 0 Å². The molecule has 2 fully saturated rings. The van der Waals surface area contributed by atoms with E-state index < -0.39 is 0 Å². The second-order valence-electron chi connectivity index (χ2n) is 6.93. The van der Waals surface area contributed by atoms with Gasteiger partial charge < -0.3 is 20.5 Å². The van der Waals surface area contributed by atoms with Gasteiger partial charge in [0.1, 0.15) is 12.1 Å². The molecular weight excluding hydrogens is 364 g/mol. The number of rotatable bonds is 4. The summed E-state index contributed by atoms with van der Waals surface area (Å²) in [5, 5.41) is 16.7. The zero-order valence-electron chi connectivity index (χ0n) is 17.9. The fraction of sp³-hybridized carbons (Fsp3) is 0.565. The Morgan fingerprint density at radius 1 is 1.14 bits per heavy atom. The van der Waals surface area contributed by atoms with Crippen LogP contribution >= 0.6 is 0 Å². The van der Waals surface area contributed by atoms with Crippen LogP contribution in [0.25, 0.3) is 17.0 Å². The molecule has 0 amide bonds. The predicted octanol–water partition coefficient (Wildman–Crippen LogP) is 4.01. The first-order valence-corrected chi connectivity index (χ1v) is 10.9. The van der Waals surface area contributed by atoms with Gasteiger partial charge in [0.25, 0.3) is 0 Å². The van der Waals surface area contributed by atoms with Crippen LogP contribution in [0.4, 0.5) is 5.82 Å². The summed E-state index contributed by atoms with van der Waals surface area (Å²) in [6.07, 6.45) is 11.6. The lowest BCUT2D eigenvalue weighted by molar-refractivity contribution is 0.109. The fourth-order valence-electron chi connectivity index (χ4n) is 3.44. The fourth-order valence-corrected chi connectivity index (χ4v) is 3.44. The Morgan fingerprint density at radius 2 is 1.90 bits per heavy atom. The average molecular weight is 401 g/mol. The van der Waals surface area contributed by atoms with Gasteiger partial charge in [0.2, 0.25) is 0 Å². The average Bonchev–Trinajstić information content (AvgIpc) is 2.81. The number of aliphatic hydroxyl groups is 1. The van der Waals surface area contributed by atoms with Crippen molar-refractivity contribution >= 4 is 22.8 Å². The molecule has 1 aliphatic carbocycles. The van der Waals surface area contributed by atoms with Crippen molar-refractivity contribution in [1.29, 1.82) is 0 Å². The number of aromatic nitrogens is 2.